The Morgan fingerprint density at radius 3 is 2.52 bits per heavy atom. The molecule has 0 bridgehead atoms. The molecule has 172 valence electrons. The van der Waals surface area contributed by atoms with Crippen LogP contribution in [-0.2, 0) is 27.7 Å². The van der Waals surface area contributed by atoms with E-state index in [1.54, 1.807) is 30.1 Å². The van der Waals surface area contributed by atoms with E-state index in [9.17, 15) is 13.2 Å². The lowest BCUT2D eigenvalue weighted by Crippen LogP contribution is -2.49. The van der Waals surface area contributed by atoms with E-state index in [4.69, 9.17) is 4.42 Å². The molecule has 2 aliphatic heterocycles. The van der Waals surface area contributed by atoms with E-state index in [2.05, 4.69) is 15.1 Å². The van der Waals surface area contributed by atoms with Gasteiger partial charge >= 0.3 is 0 Å². The molecule has 1 saturated heterocycles. The van der Waals surface area contributed by atoms with Gasteiger partial charge in [0.25, 0.3) is 0 Å². The van der Waals surface area contributed by atoms with Gasteiger partial charge in [0.15, 0.2) is 0 Å². The highest BCUT2D eigenvalue weighted by Gasteiger charge is 2.31. The maximum Gasteiger partial charge on any atom is 0.247 e. The second-order valence-electron chi connectivity index (χ2n) is 8.28. The van der Waals surface area contributed by atoms with Gasteiger partial charge in [-0.1, -0.05) is 18.2 Å². The average molecular weight is 468 g/mol. The van der Waals surface area contributed by atoms with Gasteiger partial charge in [0.05, 0.1) is 11.3 Å². The van der Waals surface area contributed by atoms with Crippen LogP contribution in [0.3, 0.4) is 0 Å². The van der Waals surface area contributed by atoms with Crippen molar-refractivity contribution in [3.63, 3.8) is 0 Å². The molecule has 5 rings (SSSR count). The Labute approximate surface area is 192 Å². The van der Waals surface area contributed by atoms with E-state index >= 15 is 0 Å². The molecule has 0 N–H and O–H groups in total. The van der Waals surface area contributed by atoms with Crippen molar-refractivity contribution in [1.29, 1.82) is 0 Å². The minimum absolute atomic E-state index is 0.0229. The number of carbonyl (C=O) groups is 1. The van der Waals surface area contributed by atoms with Crippen LogP contribution in [0, 0.1) is 0 Å². The number of sulfonamides is 1. The number of anilines is 1. The summed E-state index contributed by atoms with van der Waals surface area (Å²) < 4.78 is 33.6. The summed E-state index contributed by atoms with van der Waals surface area (Å²) in [5.74, 6) is 1.05. The topological polar surface area (TPSA) is 99.9 Å². The molecule has 0 spiro atoms. The fourth-order valence-electron chi connectivity index (χ4n) is 4.26. The van der Waals surface area contributed by atoms with Gasteiger partial charge in [0.1, 0.15) is 0 Å². The summed E-state index contributed by atoms with van der Waals surface area (Å²) in [5, 5.41) is 8.25. The first kappa shape index (κ1) is 21.7. The summed E-state index contributed by atoms with van der Waals surface area (Å²) >= 11 is 0. The second-order valence-corrected chi connectivity index (χ2v) is 10.2. The number of likely N-dealkylation sites (N-methyl/N-ethyl adjacent to an activating group) is 1. The normalized spacial score (nSPS) is 17.5. The molecule has 0 atom stereocenters. The maximum absolute atomic E-state index is 13.1. The predicted molar refractivity (Wildman–Crippen MR) is 122 cm³/mol. The third-order valence-corrected chi connectivity index (χ3v) is 8.12. The minimum Gasteiger partial charge on any atom is -0.421 e. The monoisotopic (exact) mass is 467 g/mol. The lowest BCUT2D eigenvalue weighted by atomic mass is 10.2. The molecule has 9 nitrogen and oxygen atoms in total. The lowest BCUT2D eigenvalue weighted by molar-refractivity contribution is -0.117. The molecule has 1 amide bonds. The Balaban J connectivity index is 1.17. The minimum atomic E-state index is -3.60. The zero-order valence-electron chi connectivity index (χ0n) is 18.3. The highest BCUT2D eigenvalue weighted by molar-refractivity contribution is 7.89. The number of rotatable bonds is 6. The van der Waals surface area contributed by atoms with Crippen LogP contribution in [0.5, 0.6) is 0 Å². The summed E-state index contributed by atoms with van der Waals surface area (Å²) in [7, 11) is -1.89. The van der Waals surface area contributed by atoms with E-state index in [-0.39, 0.29) is 17.2 Å². The molecule has 2 aromatic carbocycles. The number of aromatic nitrogens is 2. The molecule has 10 heteroatoms. The predicted octanol–water partition coefficient (Wildman–Crippen LogP) is 1.80. The van der Waals surface area contributed by atoms with E-state index in [0.717, 1.165) is 23.4 Å². The molecule has 0 radical (unpaired) electrons. The van der Waals surface area contributed by atoms with Crippen molar-refractivity contribution in [3.05, 3.63) is 60.0 Å². The van der Waals surface area contributed by atoms with Crippen LogP contribution in [0.4, 0.5) is 5.69 Å². The summed E-state index contributed by atoms with van der Waals surface area (Å²) in [6.45, 7) is 2.81. The molecule has 0 saturated carbocycles. The molecule has 2 aliphatic rings. The standard InChI is InChI=1S/C23H25N5O4S/c1-26-20-8-7-19(15-18(20)16-22(26)29)33(30,31)28-13-11-27(12-14-28)10-9-21-24-25-23(32-21)17-5-3-2-4-6-17/h2-8,15H,9-14,16H2,1H3. The Kier molecular flexibility index (Phi) is 5.73. The van der Waals surface area contributed by atoms with Crippen molar-refractivity contribution < 1.29 is 17.6 Å². The van der Waals surface area contributed by atoms with Crippen LogP contribution in [-0.4, -0.2) is 73.5 Å². The van der Waals surface area contributed by atoms with Crippen LogP contribution < -0.4 is 4.90 Å². The number of amides is 1. The number of fused-ring (bicyclic) bond motifs is 1. The summed E-state index contributed by atoms with van der Waals surface area (Å²) in [6.07, 6.45) is 0.851. The first-order valence-electron chi connectivity index (χ1n) is 10.9. The van der Waals surface area contributed by atoms with Gasteiger partial charge in [-0.25, -0.2) is 8.42 Å². The molecular weight excluding hydrogens is 442 g/mol. The van der Waals surface area contributed by atoms with Gasteiger partial charge in [-0.05, 0) is 35.9 Å². The quantitative estimate of drug-likeness (QED) is 0.545. The highest BCUT2D eigenvalue weighted by Crippen LogP contribution is 2.31. The highest BCUT2D eigenvalue weighted by atomic mass is 32.2. The first-order valence-corrected chi connectivity index (χ1v) is 12.4. The Hall–Kier alpha value is -3.08. The number of carbonyl (C=O) groups excluding carboxylic acids is 1. The first-order chi connectivity index (χ1) is 15.9. The Morgan fingerprint density at radius 1 is 1.00 bits per heavy atom. The van der Waals surface area contributed by atoms with Crippen molar-refractivity contribution in [3.8, 4) is 11.5 Å². The van der Waals surface area contributed by atoms with Gasteiger partial charge in [-0.15, -0.1) is 10.2 Å². The Morgan fingerprint density at radius 2 is 1.76 bits per heavy atom. The smallest absolute Gasteiger partial charge is 0.247 e. The molecule has 33 heavy (non-hydrogen) atoms. The van der Waals surface area contributed by atoms with Crippen molar-refractivity contribution in [2.45, 2.75) is 17.7 Å². The van der Waals surface area contributed by atoms with Gasteiger partial charge in [0.2, 0.25) is 27.7 Å². The van der Waals surface area contributed by atoms with Gasteiger partial charge in [-0.3, -0.25) is 4.79 Å². The molecule has 0 unspecified atom stereocenters. The fraction of sp³-hybridized carbons (Fsp3) is 0.348. The summed E-state index contributed by atoms with van der Waals surface area (Å²) in [4.78, 5) is 15.9. The van der Waals surface area contributed by atoms with E-state index in [1.165, 1.54) is 4.31 Å². The molecular formula is C23H25N5O4S. The third kappa shape index (κ3) is 4.29. The van der Waals surface area contributed by atoms with Crippen LogP contribution in [0.25, 0.3) is 11.5 Å². The molecule has 0 aliphatic carbocycles. The summed E-state index contributed by atoms with van der Waals surface area (Å²) in [5.41, 5.74) is 2.43. The molecule has 1 fully saturated rings. The Bertz CT molecular complexity index is 1270. The van der Waals surface area contributed by atoms with E-state index < -0.39 is 10.0 Å². The third-order valence-electron chi connectivity index (χ3n) is 6.23. The number of benzene rings is 2. The molecule has 3 heterocycles. The number of nitrogens with zero attached hydrogens (tertiary/aromatic N) is 5. The van der Waals surface area contributed by atoms with Crippen molar-refractivity contribution in [1.82, 2.24) is 19.4 Å². The van der Waals surface area contributed by atoms with Crippen LogP contribution in [0.2, 0.25) is 0 Å². The van der Waals surface area contributed by atoms with E-state index in [0.29, 0.717) is 44.4 Å². The number of hydrogen-bond acceptors (Lipinski definition) is 7. The zero-order valence-corrected chi connectivity index (χ0v) is 19.2. The SMILES string of the molecule is CN1C(=O)Cc2cc(S(=O)(=O)N3CCN(CCc4nnc(-c5ccccc5)o4)CC3)ccc21. The van der Waals surface area contributed by atoms with Crippen molar-refractivity contribution in [2.24, 2.45) is 0 Å². The van der Waals surface area contributed by atoms with Gasteiger partial charge in [0, 0.05) is 57.4 Å². The van der Waals surface area contributed by atoms with Crippen LogP contribution in [0.15, 0.2) is 57.8 Å². The molecule has 1 aromatic heterocycles. The van der Waals surface area contributed by atoms with Gasteiger partial charge in [-0.2, -0.15) is 4.31 Å². The van der Waals surface area contributed by atoms with Crippen molar-refractivity contribution >= 4 is 21.6 Å². The number of hydrogen-bond donors (Lipinski definition) is 0. The van der Waals surface area contributed by atoms with Gasteiger partial charge < -0.3 is 14.2 Å². The van der Waals surface area contributed by atoms with Crippen molar-refractivity contribution in [2.75, 3.05) is 44.7 Å². The van der Waals surface area contributed by atoms with Crippen LogP contribution in [0.1, 0.15) is 11.5 Å². The van der Waals surface area contributed by atoms with Crippen LogP contribution >= 0.6 is 0 Å². The zero-order chi connectivity index (χ0) is 23.0. The lowest BCUT2D eigenvalue weighted by Gasteiger charge is -2.33. The van der Waals surface area contributed by atoms with E-state index in [1.807, 2.05) is 30.3 Å². The maximum atomic E-state index is 13.1. The number of piperazine rings is 1. The second kappa shape index (κ2) is 8.69. The summed E-state index contributed by atoms with van der Waals surface area (Å²) in [6, 6.07) is 14.6. The largest absolute Gasteiger partial charge is 0.421 e. The molecule has 3 aromatic rings. The fourth-order valence-corrected chi connectivity index (χ4v) is 5.73. The average Bonchev–Trinajstić information content (AvgIpc) is 3.43.